The highest BCUT2D eigenvalue weighted by molar-refractivity contribution is 5.81. The molecule has 110 valence electrons. The van der Waals surface area contributed by atoms with E-state index in [4.69, 9.17) is 0 Å². The van der Waals surface area contributed by atoms with E-state index in [9.17, 15) is 15.0 Å². The summed E-state index contributed by atoms with van der Waals surface area (Å²) in [6.07, 6.45) is -1.43. The van der Waals surface area contributed by atoms with Crippen molar-refractivity contribution < 1.29 is 15.0 Å². The van der Waals surface area contributed by atoms with E-state index >= 15 is 0 Å². The van der Waals surface area contributed by atoms with Crippen molar-refractivity contribution in [3.05, 3.63) is 71.8 Å². The van der Waals surface area contributed by atoms with Gasteiger partial charge in [0, 0.05) is 13.0 Å². The first-order valence-electron chi connectivity index (χ1n) is 6.89. The number of aliphatic hydroxyl groups excluding tert-OH is 2. The number of aliphatic hydroxyl groups is 2. The van der Waals surface area contributed by atoms with Gasteiger partial charge in [0.05, 0.1) is 6.10 Å². The lowest BCUT2D eigenvalue weighted by atomic mass is 10.1. The molecule has 0 bridgehead atoms. The molecular formula is C17H19NO3. The summed E-state index contributed by atoms with van der Waals surface area (Å²) in [6, 6.07) is 18.3. The zero-order valence-electron chi connectivity index (χ0n) is 11.6. The zero-order chi connectivity index (χ0) is 15.1. The third kappa shape index (κ3) is 4.70. The maximum Gasteiger partial charge on any atom is 0.253 e. The molecule has 1 amide bonds. The molecule has 2 aromatic rings. The molecule has 0 aliphatic carbocycles. The molecule has 0 aromatic heterocycles. The lowest BCUT2D eigenvalue weighted by Crippen LogP contribution is -2.36. The van der Waals surface area contributed by atoms with Gasteiger partial charge in [-0.3, -0.25) is 4.79 Å². The molecule has 0 radical (unpaired) electrons. The highest BCUT2D eigenvalue weighted by Crippen LogP contribution is 2.11. The van der Waals surface area contributed by atoms with Crippen molar-refractivity contribution in [2.24, 2.45) is 0 Å². The van der Waals surface area contributed by atoms with Crippen LogP contribution in [0.15, 0.2) is 60.7 Å². The van der Waals surface area contributed by atoms with Gasteiger partial charge in [-0.15, -0.1) is 0 Å². The van der Waals surface area contributed by atoms with Gasteiger partial charge in [-0.1, -0.05) is 60.7 Å². The lowest BCUT2D eigenvalue weighted by molar-refractivity contribution is -0.130. The molecule has 4 heteroatoms. The van der Waals surface area contributed by atoms with Gasteiger partial charge in [-0.25, -0.2) is 0 Å². The summed E-state index contributed by atoms with van der Waals surface area (Å²) in [7, 11) is 0. The predicted octanol–water partition coefficient (Wildman–Crippen LogP) is 1.44. The quantitative estimate of drug-likeness (QED) is 0.752. The second-order valence-electron chi connectivity index (χ2n) is 4.90. The minimum atomic E-state index is -1.21. The molecule has 21 heavy (non-hydrogen) atoms. The highest BCUT2D eigenvalue weighted by atomic mass is 16.3. The molecule has 2 atom stereocenters. The van der Waals surface area contributed by atoms with Gasteiger partial charge in [0.2, 0.25) is 0 Å². The smallest absolute Gasteiger partial charge is 0.253 e. The van der Waals surface area contributed by atoms with Gasteiger partial charge in [-0.05, 0) is 11.1 Å². The van der Waals surface area contributed by atoms with Crippen LogP contribution >= 0.6 is 0 Å². The van der Waals surface area contributed by atoms with Crippen LogP contribution in [-0.2, 0) is 11.2 Å². The van der Waals surface area contributed by atoms with Gasteiger partial charge in [-0.2, -0.15) is 0 Å². The zero-order valence-corrected chi connectivity index (χ0v) is 11.6. The minimum absolute atomic E-state index is 0.109. The molecule has 0 saturated carbocycles. The molecule has 2 aromatic carbocycles. The molecule has 0 fully saturated rings. The summed E-state index contributed by atoms with van der Waals surface area (Å²) < 4.78 is 0. The van der Waals surface area contributed by atoms with Crippen LogP contribution in [0.1, 0.15) is 17.2 Å². The number of rotatable bonds is 6. The lowest BCUT2D eigenvalue weighted by Gasteiger charge is -2.15. The summed E-state index contributed by atoms with van der Waals surface area (Å²) in [6.45, 7) is 0.109. The van der Waals surface area contributed by atoms with Crippen LogP contribution in [0.2, 0.25) is 0 Å². The Kier molecular flexibility index (Phi) is 5.49. The van der Waals surface area contributed by atoms with Crippen LogP contribution in [-0.4, -0.2) is 28.8 Å². The summed E-state index contributed by atoms with van der Waals surface area (Å²) >= 11 is 0. The second kappa shape index (κ2) is 7.57. The van der Waals surface area contributed by atoms with E-state index in [1.807, 2.05) is 36.4 Å². The van der Waals surface area contributed by atoms with Crippen LogP contribution in [0.25, 0.3) is 0 Å². The van der Waals surface area contributed by atoms with Crippen molar-refractivity contribution >= 4 is 5.91 Å². The third-order valence-corrected chi connectivity index (χ3v) is 3.19. The second-order valence-corrected chi connectivity index (χ2v) is 4.90. The van der Waals surface area contributed by atoms with Crippen molar-refractivity contribution in [3.8, 4) is 0 Å². The largest absolute Gasteiger partial charge is 0.391 e. The molecule has 0 aliphatic heterocycles. The van der Waals surface area contributed by atoms with Crippen LogP contribution in [0.4, 0.5) is 0 Å². The summed E-state index contributed by atoms with van der Waals surface area (Å²) in [5.74, 6) is -0.506. The van der Waals surface area contributed by atoms with E-state index < -0.39 is 18.1 Å². The molecule has 0 unspecified atom stereocenters. The Labute approximate surface area is 124 Å². The Morgan fingerprint density at radius 1 is 0.952 bits per heavy atom. The van der Waals surface area contributed by atoms with Crippen molar-refractivity contribution in [2.75, 3.05) is 6.54 Å². The average Bonchev–Trinajstić information content (AvgIpc) is 2.53. The number of carbonyl (C=O) groups is 1. The van der Waals surface area contributed by atoms with Crippen molar-refractivity contribution in [3.63, 3.8) is 0 Å². The molecule has 0 heterocycles. The highest BCUT2D eigenvalue weighted by Gasteiger charge is 2.17. The molecule has 0 spiro atoms. The standard InChI is InChI=1S/C17H19NO3/c19-15(11-13-7-3-1-4-8-13)12-18-17(21)16(20)14-9-5-2-6-10-14/h1-10,15-16,19-20H,11-12H2,(H,18,21)/t15-,16-/m1/s1. The molecule has 0 saturated heterocycles. The first kappa shape index (κ1) is 15.2. The van der Waals surface area contributed by atoms with Crippen LogP contribution in [0, 0.1) is 0 Å². The molecule has 0 aliphatic rings. The van der Waals surface area contributed by atoms with Gasteiger partial charge >= 0.3 is 0 Å². The fourth-order valence-electron chi connectivity index (χ4n) is 2.06. The van der Waals surface area contributed by atoms with E-state index in [0.29, 0.717) is 12.0 Å². The molecule has 4 nitrogen and oxygen atoms in total. The van der Waals surface area contributed by atoms with Gasteiger partial charge in [0.15, 0.2) is 6.10 Å². The Hall–Kier alpha value is -2.17. The SMILES string of the molecule is O=C(NC[C@H](O)Cc1ccccc1)[C@H](O)c1ccccc1. The molecule has 3 N–H and O–H groups in total. The van der Waals surface area contributed by atoms with E-state index in [2.05, 4.69) is 5.32 Å². The van der Waals surface area contributed by atoms with Crippen molar-refractivity contribution in [2.45, 2.75) is 18.6 Å². The van der Waals surface area contributed by atoms with Gasteiger partial charge < -0.3 is 15.5 Å². The van der Waals surface area contributed by atoms with Crippen molar-refractivity contribution in [1.82, 2.24) is 5.32 Å². The van der Waals surface area contributed by atoms with Crippen LogP contribution < -0.4 is 5.32 Å². The minimum Gasteiger partial charge on any atom is -0.391 e. The average molecular weight is 285 g/mol. The van der Waals surface area contributed by atoms with E-state index in [-0.39, 0.29) is 6.54 Å². The normalized spacial score (nSPS) is 13.4. The first-order valence-corrected chi connectivity index (χ1v) is 6.89. The van der Waals surface area contributed by atoms with E-state index in [1.54, 1.807) is 24.3 Å². The number of amides is 1. The Bertz CT molecular complexity index is 557. The summed E-state index contributed by atoms with van der Waals surface area (Å²) in [5.41, 5.74) is 1.54. The van der Waals surface area contributed by atoms with Crippen molar-refractivity contribution in [1.29, 1.82) is 0 Å². The van der Waals surface area contributed by atoms with Gasteiger partial charge in [0.25, 0.3) is 5.91 Å². The summed E-state index contributed by atoms with van der Waals surface area (Å²) in [4.78, 5) is 11.8. The Balaban J connectivity index is 1.81. The number of benzene rings is 2. The number of nitrogens with one attached hydrogen (secondary N) is 1. The summed E-state index contributed by atoms with van der Waals surface area (Å²) in [5, 5.41) is 22.4. The van der Waals surface area contributed by atoms with Crippen LogP contribution in [0.5, 0.6) is 0 Å². The topological polar surface area (TPSA) is 69.6 Å². The number of carbonyl (C=O) groups excluding carboxylic acids is 1. The fourth-order valence-corrected chi connectivity index (χ4v) is 2.06. The first-order chi connectivity index (χ1) is 10.2. The van der Waals surface area contributed by atoms with Crippen LogP contribution in [0.3, 0.4) is 0 Å². The van der Waals surface area contributed by atoms with E-state index in [0.717, 1.165) is 5.56 Å². The molecule has 2 rings (SSSR count). The Morgan fingerprint density at radius 3 is 2.14 bits per heavy atom. The number of hydrogen-bond donors (Lipinski definition) is 3. The van der Waals surface area contributed by atoms with Gasteiger partial charge in [0.1, 0.15) is 0 Å². The maximum atomic E-state index is 11.8. The monoisotopic (exact) mass is 285 g/mol. The van der Waals surface area contributed by atoms with E-state index in [1.165, 1.54) is 0 Å². The molecular weight excluding hydrogens is 266 g/mol. The Morgan fingerprint density at radius 2 is 1.52 bits per heavy atom. The number of hydrogen-bond acceptors (Lipinski definition) is 3. The third-order valence-electron chi connectivity index (χ3n) is 3.19. The fraction of sp³-hybridized carbons (Fsp3) is 0.235. The maximum absolute atomic E-state index is 11.8. The predicted molar refractivity (Wildman–Crippen MR) is 80.6 cm³/mol.